The molecule has 0 aliphatic rings. The molecular weight excluding hydrogens is 234 g/mol. The summed E-state index contributed by atoms with van der Waals surface area (Å²) in [7, 11) is 0. The van der Waals surface area contributed by atoms with E-state index in [1.165, 1.54) is 30.4 Å². The minimum Gasteiger partial charge on any atom is -0.354 e. The Kier molecular flexibility index (Phi) is 6.85. The van der Waals surface area contributed by atoms with Gasteiger partial charge in [0.05, 0.1) is 0 Å². The molecular formula is C16H29N3. The molecule has 0 aliphatic carbocycles. The standard InChI is InChI=1S/C16H29N3/c1-5-6-7-10-19(13(2)3)16-14(4)11-15(8-9-17)12-18-16/h11-13H,5-10,17H2,1-4H3. The van der Waals surface area contributed by atoms with Gasteiger partial charge in [0.1, 0.15) is 5.82 Å². The Bertz CT molecular complexity index is 374. The van der Waals surface area contributed by atoms with Crippen molar-refractivity contribution < 1.29 is 0 Å². The van der Waals surface area contributed by atoms with Gasteiger partial charge in [-0.1, -0.05) is 25.8 Å². The molecule has 0 aromatic carbocycles. The van der Waals surface area contributed by atoms with E-state index in [2.05, 4.69) is 43.6 Å². The van der Waals surface area contributed by atoms with Gasteiger partial charge >= 0.3 is 0 Å². The first-order valence-electron chi connectivity index (χ1n) is 7.52. The molecule has 2 N–H and O–H groups in total. The summed E-state index contributed by atoms with van der Waals surface area (Å²) in [6.07, 6.45) is 6.66. The molecule has 0 fully saturated rings. The summed E-state index contributed by atoms with van der Waals surface area (Å²) >= 11 is 0. The molecule has 0 amide bonds. The number of aromatic nitrogens is 1. The first-order chi connectivity index (χ1) is 9.10. The van der Waals surface area contributed by atoms with Gasteiger partial charge in [-0.05, 0) is 51.3 Å². The summed E-state index contributed by atoms with van der Waals surface area (Å²) in [5.41, 5.74) is 8.10. The lowest BCUT2D eigenvalue weighted by Crippen LogP contribution is -2.33. The summed E-state index contributed by atoms with van der Waals surface area (Å²) in [6, 6.07) is 2.72. The Labute approximate surface area is 118 Å². The minimum absolute atomic E-state index is 0.489. The molecule has 0 radical (unpaired) electrons. The van der Waals surface area contributed by atoms with Crippen LogP contribution in [-0.4, -0.2) is 24.1 Å². The highest BCUT2D eigenvalue weighted by Crippen LogP contribution is 2.21. The van der Waals surface area contributed by atoms with E-state index in [9.17, 15) is 0 Å². The van der Waals surface area contributed by atoms with Crippen molar-refractivity contribution >= 4 is 5.82 Å². The second kappa shape index (κ2) is 8.16. The largest absolute Gasteiger partial charge is 0.354 e. The van der Waals surface area contributed by atoms with E-state index in [-0.39, 0.29) is 0 Å². The van der Waals surface area contributed by atoms with Crippen LogP contribution in [0.5, 0.6) is 0 Å². The van der Waals surface area contributed by atoms with Crippen molar-refractivity contribution in [3.8, 4) is 0 Å². The summed E-state index contributed by atoms with van der Waals surface area (Å²) < 4.78 is 0. The lowest BCUT2D eigenvalue weighted by Gasteiger charge is -2.29. The molecule has 3 nitrogen and oxygen atoms in total. The number of nitrogens with two attached hydrogens (primary N) is 1. The topological polar surface area (TPSA) is 42.2 Å². The summed E-state index contributed by atoms with van der Waals surface area (Å²) in [6.45, 7) is 10.6. The summed E-state index contributed by atoms with van der Waals surface area (Å²) in [5.74, 6) is 1.13. The molecule has 0 saturated carbocycles. The highest BCUT2D eigenvalue weighted by Gasteiger charge is 2.14. The normalized spacial score (nSPS) is 11.1. The molecule has 0 saturated heterocycles. The highest BCUT2D eigenvalue weighted by atomic mass is 15.2. The Hall–Kier alpha value is -1.09. The highest BCUT2D eigenvalue weighted by molar-refractivity contribution is 5.48. The average Bonchev–Trinajstić information content (AvgIpc) is 2.36. The van der Waals surface area contributed by atoms with E-state index < -0.39 is 0 Å². The van der Waals surface area contributed by atoms with Gasteiger partial charge in [0.15, 0.2) is 0 Å². The van der Waals surface area contributed by atoms with Crippen molar-refractivity contribution in [1.82, 2.24) is 4.98 Å². The maximum absolute atomic E-state index is 5.60. The first-order valence-corrected chi connectivity index (χ1v) is 7.52. The van der Waals surface area contributed by atoms with Crippen LogP contribution >= 0.6 is 0 Å². The number of pyridine rings is 1. The summed E-state index contributed by atoms with van der Waals surface area (Å²) in [5, 5.41) is 0. The quantitative estimate of drug-likeness (QED) is 0.732. The molecule has 0 bridgehead atoms. The van der Waals surface area contributed by atoms with Crippen LogP contribution in [-0.2, 0) is 6.42 Å². The van der Waals surface area contributed by atoms with E-state index in [0.29, 0.717) is 12.6 Å². The molecule has 108 valence electrons. The Balaban J connectivity index is 2.83. The number of aryl methyl sites for hydroxylation is 1. The van der Waals surface area contributed by atoms with Crippen molar-refractivity contribution in [2.45, 2.75) is 59.4 Å². The Morgan fingerprint density at radius 3 is 2.58 bits per heavy atom. The van der Waals surface area contributed by atoms with Crippen LogP contribution in [0.1, 0.15) is 51.2 Å². The van der Waals surface area contributed by atoms with Crippen LogP contribution in [0.15, 0.2) is 12.3 Å². The molecule has 1 heterocycles. The zero-order valence-corrected chi connectivity index (χ0v) is 12.9. The third-order valence-electron chi connectivity index (χ3n) is 3.44. The van der Waals surface area contributed by atoms with Gasteiger partial charge in [-0.15, -0.1) is 0 Å². The van der Waals surface area contributed by atoms with Gasteiger partial charge in [-0.25, -0.2) is 4.98 Å². The zero-order chi connectivity index (χ0) is 14.3. The predicted molar refractivity (Wildman–Crippen MR) is 83.7 cm³/mol. The molecule has 1 rings (SSSR count). The van der Waals surface area contributed by atoms with E-state index in [0.717, 1.165) is 18.8 Å². The second-order valence-electron chi connectivity index (χ2n) is 5.52. The van der Waals surface area contributed by atoms with Crippen molar-refractivity contribution in [2.24, 2.45) is 5.73 Å². The second-order valence-corrected chi connectivity index (χ2v) is 5.52. The first kappa shape index (κ1) is 16.0. The number of hydrogen-bond acceptors (Lipinski definition) is 3. The lowest BCUT2D eigenvalue weighted by atomic mass is 10.1. The van der Waals surface area contributed by atoms with E-state index in [1.807, 2.05) is 6.20 Å². The molecule has 0 aliphatic heterocycles. The number of anilines is 1. The lowest BCUT2D eigenvalue weighted by molar-refractivity contribution is 0.618. The van der Waals surface area contributed by atoms with Gasteiger partial charge in [-0.2, -0.15) is 0 Å². The van der Waals surface area contributed by atoms with Crippen molar-refractivity contribution in [2.75, 3.05) is 18.0 Å². The van der Waals surface area contributed by atoms with Crippen LogP contribution in [0.2, 0.25) is 0 Å². The van der Waals surface area contributed by atoms with Crippen LogP contribution in [0.25, 0.3) is 0 Å². The zero-order valence-electron chi connectivity index (χ0n) is 12.9. The molecule has 0 unspecified atom stereocenters. The third kappa shape index (κ3) is 4.83. The fourth-order valence-electron chi connectivity index (χ4n) is 2.37. The number of rotatable bonds is 8. The SMILES string of the molecule is CCCCCN(c1ncc(CCN)cc1C)C(C)C. The minimum atomic E-state index is 0.489. The molecule has 0 spiro atoms. The molecule has 3 heteroatoms. The number of nitrogens with zero attached hydrogens (tertiary/aromatic N) is 2. The van der Waals surface area contributed by atoms with E-state index >= 15 is 0 Å². The molecule has 19 heavy (non-hydrogen) atoms. The van der Waals surface area contributed by atoms with E-state index in [1.54, 1.807) is 0 Å². The monoisotopic (exact) mass is 263 g/mol. The molecule has 1 aromatic rings. The predicted octanol–water partition coefficient (Wildman–Crippen LogP) is 3.30. The van der Waals surface area contributed by atoms with Crippen molar-refractivity contribution in [3.05, 3.63) is 23.4 Å². The van der Waals surface area contributed by atoms with E-state index in [4.69, 9.17) is 5.73 Å². The van der Waals surface area contributed by atoms with Gasteiger partial charge in [-0.3, -0.25) is 0 Å². The number of hydrogen-bond donors (Lipinski definition) is 1. The van der Waals surface area contributed by atoms with Crippen molar-refractivity contribution in [1.29, 1.82) is 0 Å². The van der Waals surface area contributed by atoms with Gasteiger partial charge in [0, 0.05) is 18.8 Å². The maximum Gasteiger partial charge on any atom is 0.131 e. The fraction of sp³-hybridized carbons (Fsp3) is 0.688. The molecule has 0 atom stereocenters. The Morgan fingerprint density at radius 2 is 2.05 bits per heavy atom. The smallest absolute Gasteiger partial charge is 0.131 e. The Morgan fingerprint density at radius 1 is 1.32 bits per heavy atom. The van der Waals surface area contributed by atoms with Gasteiger partial charge in [0.2, 0.25) is 0 Å². The third-order valence-corrected chi connectivity index (χ3v) is 3.44. The summed E-state index contributed by atoms with van der Waals surface area (Å²) in [4.78, 5) is 7.08. The van der Waals surface area contributed by atoms with Crippen LogP contribution in [0, 0.1) is 6.92 Å². The molecule has 1 aromatic heterocycles. The number of unbranched alkanes of at least 4 members (excludes halogenated alkanes) is 2. The fourth-order valence-corrected chi connectivity index (χ4v) is 2.37. The maximum atomic E-state index is 5.60. The van der Waals surface area contributed by atoms with Crippen LogP contribution < -0.4 is 10.6 Å². The van der Waals surface area contributed by atoms with Crippen molar-refractivity contribution in [3.63, 3.8) is 0 Å². The van der Waals surface area contributed by atoms with Crippen LogP contribution in [0.3, 0.4) is 0 Å². The average molecular weight is 263 g/mol. The van der Waals surface area contributed by atoms with Gasteiger partial charge in [0.25, 0.3) is 0 Å². The van der Waals surface area contributed by atoms with Crippen LogP contribution in [0.4, 0.5) is 5.82 Å². The van der Waals surface area contributed by atoms with Gasteiger partial charge < -0.3 is 10.6 Å².